The lowest BCUT2D eigenvalue weighted by Gasteiger charge is -2.31. The van der Waals surface area contributed by atoms with Gasteiger partial charge in [0.05, 0.1) is 16.4 Å². The van der Waals surface area contributed by atoms with Gasteiger partial charge in [-0.05, 0) is 61.7 Å². The normalized spacial score (nSPS) is 17.7. The van der Waals surface area contributed by atoms with Crippen LogP contribution in [0.1, 0.15) is 28.8 Å². The first kappa shape index (κ1) is 21.3. The molecule has 1 amide bonds. The molecule has 1 fully saturated rings. The molecule has 29 heavy (non-hydrogen) atoms. The summed E-state index contributed by atoms with van der Waals surface area (Å²) < 4.78 is 27.2. The number of nitrogens with one attached hydrogen (secondary N) is 1. The number of anilines is 1. The molecule has 7 nitrogen and oxygen atoms in total. The Bertz CT molecular complexity index is 1040. The molecule has 0 aromatic heterocycles. The van der Waals surface area contributed by atoms with Gasteiger partial charge in [-0.15, -0.1) is 0 Å². The molecule has 3 rings (SSSR count). The van der Waals surface area contributed by atoms with E-state index in [1.807, 2.05) is 0 Å². The number of amides is 1. The Morgan fingerprint density at radius 3 is 2.48 bits per heavy atom. The molecule has 0 radical (unpaired) electrons. The van der Waals surface area contributed by atoms with Gasteiger partial charge in [-0.1, -0.05) is 17.7 Å². The van der Waals surface area contributed by atoms with Crippen molar-refractivity contribution in [1.82, 2.24) is 4.31 Å². The van der Waals surface area contributed by atoms with Crippen molar-refractivity contribution in [2.45, 2.75) is 24.7 Å². The predicted octanol–water partition coefficient (Wildman–Crippen LogP) is 3.39. The fraction of sp³-hybridized carbons (Fsp3) is 0.300. The monoisotopic (exact) mass is 436 g/mol. The van der Waals surface area contributed by atoms with E-state index < -0.39 is 21.9 Å². The largest absolute Gasteiger partial charge is 0.478 e. The molecule has 2 aromatic rings. The van der Waals surface area contributed by atoms with Crippen molar-refractivity contribution >= 4 is 39.2 Å². The van der Waals surface area contributed by atoms with Gasteiger partial charge in [0.2, 0.25) is 15.9 Å². The average molecular weight is 437 g/mol. The van der Waals surface area contributed by atoms with Gasteiger partial charge in [-0.25, -0.2) is 13.2 Å². The van der Waals surface area contributed by atoms with Crippen LogP contribution in [0.4, 0.5) is 5.69 Å². The van der Waals surface area contributed by atoms with E-state index >= 15 is 0 Å². The number of carboxylic acids is 1. The summed E-state index contributed by atoms with van der Waals surface area (Å²) in [6.45, 7) is 2.21. The molecule has 0 unspecified atom stereocenters. The minimum Gasteiger partial charge on any atom is -0.478 e. The molecule has 1 atom stereocenters. The van der Waals surface area contributed by atoms with E-state index in [4.69, 9.17) is 16.7 Å². The Morgan fingerprint density at radius 1 is 1.17 bits per heavy atom. The maximum Gasteiger partial charge on any atom is 0.335 e. The number of rotatable bonds is 5. The van der Waals surface area contributed by atoms with Gasteiger partial charge in [-0.2, -0.15) is 4.31 Å². The molecular weight excluding hydrogens is 416 g/mol. The maximum atomic E-state index is 13.0. The van der Waals surface area contributed by atoms with Crippen LogP contribution in [0.15, 0.2) is 47.4 Å². The zero-order chi connectivity index (χ0) is 21.2. The van der Waals surface area contributed by atoms with Crippen molar-refractivity contribution in [1.29, 1.82) is 0 Å². The fourth-order valence-electron chi connectivity index (χ4n) is 3.20. The first-order valence-electron chi connectivity index (χ1n) is 9.09. The summed E-state index contributed by atoms with van der Waals surface area (Å²) in [5, 5.41) is 12.0. The number of benzene rings is 2. The van der Waals surface area contributed by atoms with Crippen molar-refractivity contribution in [2.24, 2.45) is 5.92 Å². The highest BCUT2D eigenvalue weighted by Gasteiger charge is 2.33. The number of nitrogens with zero attached hydrogens (tertiary/aromatic N) is 1. The molecule has 0 bridgehead atoms. The molecule has 0 aliphatic carbocycles. The second-order valence-electron chi connectivity index (χ2n) is 6.98. The highest BCUT2D eigenvalue weighted by molar-refractivity contribution is 7.89. The van der Waals surface area contributed by atoms with Crippen LogP contribution in [0.5, 0.6) is 0 Å². The second kappa shape index (κ2) is 8.52. The summed E-state index contributed by atoms with van der Waals surface area (Å²) in [5.41, 5.74) is 1.37. The summed E-state index contributed by atoms with van der Waals surface area (Å²) >= 11 is 6.08. The van der Waals surface area contributed by atoms with E-state index in [1.54, 1.807) is 13.0 Å². The minimum atomic E-state index is -3.75. The Balaban J connectivity index is 1.71. The van der Waals surface area contributed by atoms with Crippen LogP contribution in [0.25, 0.3) is 0 Å². The average Bonchev–Trinajstić information content (AvgIpc) is 2.70. The van der Waals surface area contributed by atoms with E-state index in [2.05, 4.69) is 5.32 Å². The molecule has 2 aromatic carbocycles. The van der Waals surface area contributed by atoms with E-state index in [-0.39, 0.29) is 22.9 Å². The molecule has 2 N–H and O–H groups in total. The van der Waals surface area contributed by atoms with Crippen LogP contribution in [0.2, 0.25) is 5.02 Å². The lowest BCUT2D eigenvalue weighted by molar-refractivity contribution is -0.120. The number of piperidine rings is 1. The number of aryl methyl sites for hydroxylation is 1. The Morgan fingerprint density at radius 2 is 1.86 bits per heavy atom. The molecule has 1 aliphatic heterocycles. The van der Waals surface area contributed by atoms with E-state index in [1.165, 1.54) is 40.7 Å². The van der Waals surface area contributed by atoms with Crippen LogP contribution in [-0.2, 0) is 14.8 Å². The fourth-order valence-corrected chi connectivity index (χ4v) is 4.99. The first-order chi connectivity index (χ1) is 13.7. The predicted molar refractivity (Wildman–Crippen MR) is 110 cm³/mol. The van der Waals surface area contributed by atoms with E-state index in [0.29, 0.717) is 30.1 Å². The van der Waals surface area contributed by atoms with Crippen molar-refractivity contribution in [2.75, 3.05) is 18.4 Å². The summed E-state index contributed by atoms with van der Waals surface area (Å²) in [6, 6.07) is 10.4. The molecule has 0 saturated carbocycles. The van der Waals surface area contributed by atoms with Crippen molar-refractivity contribution < 1.29 is 23.1 Å². The van der Waals surface area contributed by atoms with Crippen LogP contribution >= 0.6 is 11.6 Å². The van der Waals surface area contributed by atoms with Crippen LogP contribution in [0.3, 0.4) is 0 Å². The lowest BCUT2D eigenvalue weighted by Crippen LogP contribution is -2.43. The van der Waals surface area contributed by atoms with Crippen molar-refractivity contribution in [3.05, 3.63) is 58.6 Å². The lowest BCUT2D eigenvalue weighted by atomic mass is 9.98. The van der Waals surface area contributed by atoms with Crippen molar-refractivity contribution in [3.63, 3.8) is 0 Å². The number of hydrogen-bond donors (Lipinski definition) is 2. The molecule has 9 heteroatoms. The smallest absolute Gasteiger partial charge is 0.335 e. The van der Waals surface area contributed by atoms with Crippen molar-refractivity contribution in [3.8, 4) is 0 Å². The molecule has 0 spiro atoms. The first-order valence-corrected chi connectivity index (χ1v) is 10.9. The summed E-state index contributed by atoms with van der Waals surface area (Å²) in [6.07, 6.45) is 1.13. The standard InChI is InChI=1S/C20H21ClN2O5S/c1-13-4-9-17(11-18(13)21)29(27,28)23-10-2-3-15(12-23)19(24)22-16-7-5-14(6-8-16)20(25)26/h4-9,11,15H,2-3,10,12H2,1H3,(H,22,24)(H,25,26)/t15-/m1/s1. The second-order valence-corrected chi connectivity index (χ2v) is 9.33. The molecule has 1 aliphatic rings. The number of sulfonamides is 1. The highest BCUT2D eigenvalue weighted by atomic mass is 35.5. The van der Waals surface area contributed by atoms with Gasteiger partial charge in [0.25, 0.3) is 0 Å². The zero-order valence-electron chi connectivity index (χ0n) is 15.8. The maximum absolute atomic E-state index is 13.0. The quantitative estimate of drug-likeness (QED) is 0.747. The summed E-state index contributed by atoms with van der Waals surface area (Å²) in [5.74, 6) is -1.85. The number of carboxylic acid groups (broad SMARTS) is 1. The third kappa shape index (κ3) is 4.77. The van der Waals surface area contributed by atoms with Gasteiger partial charge in [0.15, 0.2) is 0 Å². The van der Waals surface area contributed by atoms with Crippen LogP contribution in [-0.4, -0.2) is 42.8 Å². The molecule has 1 saturated heterocycles. The summed E-state index contributed by atoms with van der Waals surface area (Å²) in [7, 11) is -3.75. The van der Waals surface area contributed by atoms with Gasteiger partial charge < -0.3 is 10.4 Å². The number of carbonyl (C=O) groups excluding carboxylic acids is 1. The molecular formula is C20H21ClN2O5S. The summed E-state index contributed by atoms with van der Waals surface area (Å²) in [4.78, 5) is 23.6. The SMILES string of the molecule is Cc1ccc(S(=O)(=O)N2CCC[C@@H](C(=O)Nc3ccc(C(=O)O)cc3)C2)cc1Cl. The number of hydrogen-bond acceptors (Lipinski definition) is 4. The van der Waals surface area contributed by atoms with E-state index in [0.717, 1.165) is 5.56 Å². The van der Waals surface area contributed by atoms with Gasteiger partial charge in [0.1, 0.15) is 0 Å². The van der Waals surface area contributed by atoms with E-state index in [9.17, 15) is 18.0 Å². The van der Waals surface area contributed by atoms with Gasteiger partial charge >= 0.3 is 5.97 Å². The third-order valence-corrected chi connectivity index (χ3v) is 7.20. The highest BCUT2D eigenvalue weighted by Crippen LogP contribution is 2.27. The van der Waals surface area contributed by atoms with Crippen LogP contribution < -0.4 is 5.32 Å². The number of halogens is 1. The minimum absolute atomic E-state index is 0.0763. The molecule has 154 valence electrons. The number of aromatic carboxylic acids is 1. The zero-order valence-corrected chi connectivity index (χ0v) is 17.3. The Kier molecular flexibility index (Phi) is 6.26. The number of carbonyl (C=O) groups is 2. The van der Waals surface area contributed by atoms with Crippen LogP contribution in [0, 0.1) is 12.8 Å². The Labute approximate surface area is 174 Å². The third-order valence-electron chi connectivity index (χ3n) is 4.94. The molecule has 1 heterocycles. The Hall–Kier alpha value is -2.42. The van der Waals surface area contributed by atoms with Gasteiger partial charge in [-0.3, -0.25) is 4.79 Å². The van der Waals surface area contributed by atoms with Gasteiger partial charge in [0, 0.05) is 23.8 Å². The topological polar surface area (TPSA) is 104 Å².